The fourth-order valence-electron chi connectivity index (χ4n) is 2.77. The van der Waals surface area contributed by atoms with Crippen LogP contribution >= 0.6 is 0 Å². The molecule has 3 rings (SSSR count). The lowest BCUT2D eigenvalue weighted by molar-refractivity contribution is 0.575. The van der Waals surface area contributed by atoms with E-state index in [9.17, 15) is 0 Å². The number of nitrogens with two attached hydrogens (primary N) is 1. The summed E-state index contributed by atoms with van der Waals surface area (Å²) < 4.78 is 2.42. The van der Waals surface area contributed by atoms with Crippen LogP contribution in [0.5, 0.6) is 0 Å². The molecule has 1 aliphatic carbocycles. The normalized spacial score (nSPS) is 15.2. The average molecular weight is 257 g/mol. The summed E-state index contributed by atoms with van der Waals surface area (Å²) in [5.41, 5.74) is 9.09. The van der Waals surface area contributed by atoms with Gasteiger partial charge in [0.25, 0.3) is 0 Å². The van der Waals surface area contributed by atoms with Gasteiger partial charge in [0.1, 0.15) is 11.3 Å². The van der Waals surface area contributed by atoms with E-state index in [1.165, 1.54) is 49.9 Å². The zero-order chi connectivity index (χ0) is 13.2. The first-order valence-electron chi connectivity index (χ1n) is 7.56. The molecule has 0 aliphatic heterocycles. The Bertz CT molecular complexity index is 567. The highest BCUT2D eigenvalue weighted by molar-refractivity contribution is 5.87. The molecule has 1 saturated carbocycles. The Hall–Kier alpha value is -1.51. The lowest BCUT2D eigenvalue weighted by atomic mass is 10.2. The lowest BCUT2D eigenvalue weighted by Crippen LogP contribution is -2.03. The Labute approximate surface area is 114 Å². The summed E-state index contributed by atoms with van der Waals surface area (Å²) >= 11 is 0. The van der Waals surface area contributed by atoms with Crippen molar-refractivity contribution >= 4 is 16.7 Å². The summed E-state index contributed by atoms with van der Waals surface area (Å²) in [7, 11) is 0. The first kappa shape index (κ1) is 12.5. The van der Waals surface area contributed by atoms with Crippen molar-refractivity contribution in [2.45, 2.75) is 57.9 Å². The van der Waals surface area contributed by atoms with Crippen LogP contribution in [0.4, 0.5) is 5.69 Å². The number of imidazole rings is 1. The minimum absolute atomic E-state index is 0.679. The highest BCUT2D eigenvalue weighted by atomic mass is 15.1. The Balaban J connectivity index is 1.90. The van der Waals surface area contributed by atoms with Crippen LogP contribution in [0.1, 0.15) is 57.2 Å². The monoisotopic (exact) mass is 257 g/mol. The first-order valence-corrected chi connectivity index (χ1v) is 7.56. The van der Waals surface area contributed by atoms with Crippen molar-refractivity contribution in [3.05, 3.63) is 24.0 Å². The topological polar surface area (TPSA) is 43.8 Å². The van der Waals surface area contributed by atoms with Gasteiger partial charge in [-0.15, -0.1) is 0 Å². The van der Waals surface area contributed by atoms with Crippen molar-refractivity contribution in [3.8, 4) is 0 Å². The molecule has 0 unspecified atom stereocenters. The van der Waals surface area contributed by atoms with E-state index in [0.717, 1.165) is 17.7 Å². The number of unbranched alkanes of at least 4 members (excludes halogenated alkanes) is 3. The van der Waals surface area contributed by atoms with Gasteiger partial charge in [-0.1, -0.05) is 32.3 Å². The van der Waals surface area contributed by atoms with Gasteiger partial charge in [0.2, 0.25) is 0 Å². The van der Waals surface area contributed by atoms with Crippen LogP contribution in [0, 0.1) is 0 Å². The summed E-state index contributed by atoms with van der Waals surface area (Å²) in [6, 6.07) is 6.15. The van der Waals surface area contributed by atoms with E-state index in [1.54, 1.807) is 0 Å². The number of hydrogen-bond acceptors (Lipinski definition) is 2. The molecular weight excluding hydrogens is 234 g/mol. The molecule has 0 amide bonds. The average Bonchev–Trinajstić information content (AvgIpc) is 3.18. The maximum Gasteiger partial charge on any atom is 0.113 e. The van der Waals surface area contributed by atoms with E-state index in [2.05, 4.69) is 17.6 Å². The Morgan fingerprint density at radius 1 is 1.26 bits per heavy atom. The van der Waals surface area contributed by atoms with Crippen LogP contribution in [0.25, 0.3) is 11.0 Å². The molecule has 1 aliphatic rings. The van der Waals surface area contributed by atoms with Gasteiger partial charge in [-0.2, -0.15) is 0 Å². The van der Waals surface area contributed by atoms with Gasteiger partial charge >= 0.3 is 0 Å². The number of nitrogen functional groups attached to an aromatic ring is 1. The van der Waals surface area contributed by atoms with Gasteiger partial charge in [0, 0.05) is 12.5 Å². The Morgan fingerprint density at radius 3 is 2.84 bits per heavy atom. The van der Waals surface area contributed by atoms with E-state index < -0.39 is 0 Å². The summed E-state index contributed by atoms with van der Waals surface area (Å²) in [4.78, 5) is 4.81. The molecule has 19 heavy (non-hydrogen) atoms. The largest absolute Gasteiger partial charge is 0.397 e. The summed E-state index contributed by atoms with van der Waals surface area (Å²) in [5, 5.41) is 0. The maximum absolute atomic E-state index is 6.06. The molecule has 0 saturated heterocycles. The number of benzene rings is 1. The van der Waals surface area contributed by atoms with Crippen LogP contribution < -0.4 is 5.73 Å². The summed E-state index contributed by atoms with van der Waals surface area (Å²) in [6.45, 7) is 3.34. The highest BCUT2D eigenvalue weighted by Crippen LogP contribution is 2.41. The van der Waals surface area contributed by atoms with Crippen molar-refractivity contribution in [1.82, 2.24) is 9.55 Å². The van der Waals surface area contributed by atoms with Gasteiger partial charge in [-0.3, -0.25) is 0 Å². The van der Waals surface area contributed by atoms with E-state index >= 15 is 0 Å². The SMILES string of the molecule is CCCCCCn1c(C2CC2)nc2c(N)cccc21. The quantitative estimate of drug-likeness (QED) is 0.626. The number of aromatic nitrogens is 2. The standard InChI is InChI=1S/C16H23N3/c1-2-3-4-5-11-19-14-8-6-7-13(17)15(14)18-16(19)12-9-10-12/h6-8,12H,2-5,9-11,17H2,1H3. The number of anilines is 1. The third-order valence-electron chi connectivity index (χ3n) is 4.02. The number of fused-ring (bicyclic) bond motifs is 1. The molecule has 1 aromatic heterocycles. The predicted molar refractivity (Wildman–Crippen MR) is 80.3 cm³/mol. The molecule has 0 radical (unpaired) electrons. The van der Waals surface area contributed by atoms with Crippen LogP contribution in [-0.2, 0) is 6.54 Å². The minimum atomic E-state index is 0.679. The minimum Gasteiger partial charge on any atom is -0.397 e. The molecule has 102 valence electrons. The molecular formula is C16H23N3. The van der Waals surface area contributed by atoms with E-state index in [4.69, 9.17) is 10.7 Å². The smallest absolute Gasteiger partial charge is 0.113 e. The Kier molecular flexibility index (Phi) is 3.45. The molecule has 0 atom stereocenters. The van der Waals surface area contributed by atoms with E-state index in [-0.39, 0.29) is 0 Å². The molecule has 1 heterocycles. The van der Waals surface area contributed by atoms with Gasteiger partial charge < -0.3 is 10.3 Å². The number of nitrogens with zero attached hydrogens (tertiary/aromatic N) is 2. The predicted octanol–water partition coefficient (Wildman–Crippen LogP) is 4.08. The molecule has 1 fully saturated rings. The van der Waals surface area contributed by atoms with Crippen LogP contribution in [0.15, 0.2) is 18.2 Å². The number of rotatable bonds is 6. The van der Waals surface area contributed by atoms with Gasteiger partial charge in [-0.05, 0) is 31.4 Å². The van der Waals surface area contributed by atoms with E-state index in [0.29, 0.717) is 5.92 Å². The van der Waals surface area contributed by atoms with Gasteiger partial charge in [0.15, 0.2) is 0 Å². The van der Waals surface area contributed by atoms with Crippen LogP contribution in [0.2, 0.25) is 0 Å². The van der Waals surface area contributed by atoms with Crippen molar-refractivity contribution in [2.24, 2.45) is 0 Å². The maximum atomic E-state index is 6.06. The first-order chi connectivity index (χ1) is 9.31. The summed E-state index contributed by atoms with van der Waals surface area (Å²) in [6.07, 6.45) is 7.74. The van der Waals surface area contributed by atoms with Crippen LogP contribution in [0.3, 0.4) is 0 Å². The highest BCUT2D eigenvalue weighted by Gasteiger charge is 2.29. The van der Waals surface area contributed by atoms with Crippen molar-refractivity contribution in [3.63, 3.8) is 0 Å². The van der Waals surface area contributed by atoms with E-state index in [1.807, 2.05) is 12.1 Å². The number of aryl methyl sites for hydroxylation is 1. The molecule has 3 heteroatoms. The van der Waals surface area contributed by atoms with Crippen LogP contribution in [-0.4, -0.2) is 9.55 Å². The Morgan fingerprint density at radius 2 is 2.11 bits per heavy atom. The second-order valence-corrected chi connectivity index (χ2v) is 5.67. The summed E-state index contributed by atoms with van der Waals surface area (Å²) in [5.74, 6) is 1.95. The molecule has 3 nitrogen and oxygen atoms in total. The third kappa shape index (κ3) is 2.46. The lowest BCUT2D eigenvalue weighted by Gasteiger charge is -2.08. The van der Waals surface area contributed by atoms with Gasteiger partial charge in [-0.25, -0.2) is 4.98 Å². The molecule has 0 spiro atoms. The van der Waals surface area contributed by atoms with Crippen molar-refractivity contribution < 1.29 is 0 Å². The molecule has 2 aromatic rings. The second kappa shape index (κ2) is 5.24. The number of para-hydroxylation sites is 1. The molecule has 0 bridgehead atoms. The van der Waals surface area contributed by atoms with Gasteiger partial charge in [0.05, 0.1) is 11.2 Å². The second-order valence-electron chi connectivity index (χ2n) is 5.67. The number of hydrogen-bond donors (Lipinski definition) is 1. The fraction of sp³-hybridized carbons (Fsp3) is 0.562. The zero-order valence-corrected chi connectivity index (χ0v) is 11.7. The molecule has 1 aromatic carbocycles. The molecule has 2 N–H and O–H groups in total. The zero-order valence-electron chi connectivity index (χ0n) is 11.7. The fourth-order valence-corrected chi connectivity index (χ4v) is 2.77. The van der Waals surface area contributed by atoms with Crippen molar-refractivity contribution in [1.29, 1.82) is 0 Å². The van der Waals surface area contributed by atoms with Crippen molar-refractivity contribution in [2.75, 3.05) is 5.73 Å². The third-order valence-corrected chi connectivity index (χ3v) is 4.02.